The summed E-state index contributed by atoms with van der Waals surface area (Å²) >= 11 is 0. The Kier molecular flexibility index (Phi) is 3.74. The maximum atomic E-state index is 10.7. The Labute approximate surface area is 118 Å². The number of benzene rings is 1. The molecule has 0 radical (unpaired) electrons. The highest BCUT2D eigenvalue weighted by molar-refractivity contribution is 5.80. The number of morpholine rings is 1. The Morgan fingerprint density at radius 3 is 2.55 bits per heavy atom. The van der Waals surface area contributed by atoms with Crippen LogP contribution in [0.3, 0.4) is 0 Å². The predicted octanol–water partition coefficient (Wildman–Crippen LogP) is 2.40. The third kappa shape index (κ3) is 2.56. The largest absolute Gasteiger partial charge is 0.378 e. The maximum absolute atomic E-state index is 10.7. The van der Waals surface area contributed by atoms with Crippen LogP contribution in [0.1, 0.15) is 10.4 Å². The summed E-state index contributed by atoms with van der Waals surface area (Å²) in [6.07, 6.45) is 2.67. The summed E-state index contributed by atoms with van der Waals surface area (Å²) in [6.45, 7) is 3.19. The molecule has 1 aromatic heterocycles. The van der Waals surface area contributed by atoms with Crippen LogP contribution in [0.15, 0.2) is 42.6 Å². The predicted molar refractivity (Wildman–Crippen MR) is 78.1 cm³/mol. The number of pyridine rings is 1. The standard InChI is InChI=1S/C16H16N2O2/c19-12-13-3-5-14(6-4-13)15-2-1-7-17-16(15)18-8-10-20-11-9-18/h1-7,12H,8-11H2. The number of hydrogen-bond donors (Lipinski definition) is 0. The molecule has 1 aliphatic heterocycles. The second-order valence-electron chi connectivity index (χ2n) is 4.71. The van der Waals surface area contributed by atoms with Crippen LogP contribution in [0.25, 0.3) is 11.1 Å². The molecule has 0 unspecified atom stereocenters. The molecule has 4 heteroatoms. The molecule has 0 spiro atoms. The van der Waals surface area contributed by atoms with Gasteiger partial charge in [-0.2, -0.15) is 0 Å². The van der Waals surface area contributed by atoms with Crippen molar-refractivity contribution in [1.29, 1.82) is 0 Å². The first-order valence-corrected chi connectivity index (χ1v) is 6.72. The van der Waals surface area contributed by atoms with Crippen molar-refractivity contribution in [1.82, 2.24) is 4.98 Å². The zero-order chi connectivity index (χ0) is 13.8. The van der Waals surface area contributed by atoms with E-state index in [1.165, 1.54) is 0 Å². The van der Waals surface area contributed by atoms with Crippen LogP contribution in [-0.2, 0) is 4.74 Å². The van der Waals surface area contributed by atoms with E-state index < -0.39 is 0 Å². The Hall–Kier alpha value is -2.20. The fraction of sp³-hybridized carbons (Fsp3) is 0.250. The molecule has 2 aromatic rings. The zero-order valence-corrected chi connectivity index (χ0v) is 11.2. The van der Waals surface area contributed by atoms with Crippen LogP contribution >= 0.6 is 0 Å². The summed E-state index contributed by atoms with van der Waals surface area (Å²) in [5, 5.41) is 0. The Balaban J connectivity index is 1.97. The highest BCUT2D eigenvalue weighted by Gasteiger charge is 2.16. The van der Waals surface area contributed by atoms with Crippen molar-refractivity contribution in [2.45, 2.75) is 0 Å². The van der Waals surface area contributed by atoms with E-state index in [-0.39, 0.29) is 0 Å². The lowest BCUT2D eigenvalue weighted by molar-refractivity contribution is 0.112. The van der Waals surface area contributed by atoms with Gasteiger partial charge in [0.2, 0.25) is 0 Å². The van der Waals surface area contributed by atoms with Crippen LogP contribution in [0.2, 0.25) is 0 Å². The molecule has 20 heavy (non-hydrogen) atoms. The van der Waals surface area contributed by atoms with Crippen LogP contribution in [0.4, 0.5) is 5.82 Å². The second kappa shape index (κ2) is 5.84. The van der Waals surface area contributed by atoms with Gasteiger partial charge in [0.1, 0.15) is 12.1 Å². The van der Waals surface area contributed by atoms with E-state index in [9.17, 15) is 4.79 Å². The van der Waals surface area contributed by atoms with Gasteiger partial charge in [0, 0.05) is 30.4 Å². The molecule has 3 rings (SSSR count). The van der Waals surface area contributed by atoms with Crippen LogP contribution in [0, 0.1) is 0 Å². The van der Waals surface area contributed by atoms with E-state index in [0.29, 0.717) is 5.56 Å². The van der Waals surface area contributed by atoms with Gasteiger partial charge in [-0.15, -0.1) is 0 Å². The monoisotopic (exact) mass is 268 g/mol. The van der Waals surface area contributed by atoms with Crippen molar-refractivity contribution in [2.24, 2.45) is 0 Å². The first-order chi connectivity index (χ1) is 9.88. The first kappa shape index (κ1) is 12.8. The Morgan fingerprint density at radius 1 is 1.10 bits per heavy atom. The number of anilines is 1. The van der Waals surface area contributed by atoms with Gasteiger partial charge in [-0.3, -0.25) is 4.79 Å². The van der Waals surface area contributed by atoms with Gasteiger partial charge in [-0.05, 0) is 17.7 Å². The molecular formula is C16H16N2O2. The average molecular weight is 268 g/mol. The first-order valence-electron chi connectivity index (χ1n) is 6.72. The molecule has 1 aromatic carbocycles. The molecule has 1 fully saturated rings. The molecule has 0 amide bonds. The molecule has 0 aliphatic carbocycles. The van der Waals surface area contributed by atoms with Crippen molar-refractivity contribution < 1.29 is 9.53 Å². The normalized spacial score (nSPS) is 15.1. The number of hydrogen-bond acceptors (Lipinski definition) is 4. The highest BCUT2D eigenvalue weighted by atomic mass is 16.5. The van der Waals surface area contributed by atoms with E-state index in [1.807, 2.05) is 36.5 Å². The second-order valence-corrected chi connectivity index (χ2v) is 4.71. The summed E-state index contributed by atoms with van der Waals surface area (Å²) in [5.41, 5.74) is 2.85. The number of aromatic nitrogens is 1. The number of ether oxygens (including phenoxy) is 1. The van der Waals surface area contributed by atoms with E-state index >= 15 is 0 Å². The molecule has 1 saturated heterocycles. The summed E-state index contributed by atoms with van der Waals surface area (Å²) in [5.74, 6) is 0.981. The van der Waals surface area contributed by atoms with E-state index in [4.69, 9.17) is 4.74 Å². The fourth-order valence-electron chi connectivity index (χ4n) is 2.39. The highest BCUT2D eigenvalue weighted by Crippen LogP contribution is 2.29. The SMILES string of the molecule is O=Cc1ccc(-c2cccnc2N2CCOCC2)cc1. The van der Waals surface area contributed by atoms with E-state index in [1.54, 1.807) is 0 Å². The summed E-state index contributed by atoms with van der Waals surface area (Å²) in [7, 11) is 0. The van der Waals surface area contributed by atoms with E-state index in [2.05, 4.69) is 16.0 Å². The summed E-state index contributed by atoms with van der Waals surface area (Å²) in [4.78, 5) is 17.5. The van der Waals surface area contributed by atoms with Crippen molar-refractivity contribution in [3.05, 3.63) is 48.2 Å². The number of nitrogens with zero attached hydrogens (tertiary/aromatic N) is 2. The van der Waals surface area contributed by atoms with E-state index in [0.717, 1.165) is 49.5 Å². The molecule has 4 nitrogen and oxygen atoms in total. The number of carbonyl (C=O) groups is 1. The number of carbonyl (C=O) groups excluding carboxylic acids is 1. The lowest BCUT2D eigenvalue weighted by Gasteiger charge is -2.29. The van der Waals surface area contributed by atoms with Crippen molar-refractivity contribution >= 4 is 12.1 Å². The third-order valence-corrected chi connectivity index (χ3v) is 3.46. The van der Waals surface area contributed by atoms with Crippen LogP contribution in [-0.4, -0.2) is 37.6 Å². The summed E-state index contributed by atoms with van der Waals surface area (Å²) < 4.78 is 5.39. The minimum absolute atomic E-state index is 0.686. The quantitative estimate of drug-likeness (QED) is 0.802. The smallest absolute Gasteiger partial charge is 0.150 e. The van der Waals surface area contributed by atoms with Gasteiger partial charge in [-0.1, -0.05) is 24.3 Å². The van der Waals surface area contributed by atoms with Gasteiger partial charge in [-0.25, -0.2) is 4.98 Å². The lowest BCUT2D eigenvalue weighted by Crippen LogP contribution is -2.37. The molecule has 0 saturated carbocycles. The topological polar surface area (TPSA) is 42.4 Å². The maximum Gasteiger partial charge on any atom is 0.150 e. The molecule has 1 aliphatic rings. The van der Waals surface area contributed by atoms with Crippen molar-refractivity contribution in [2.75, 3.05) is 31.2 Å². The fourth-order valence-corrected chi connectivity index (χ4v) is 2.39. The molecule has 102 valence electrons. The molecule has 0 bridgehead atoms. The minimum atomic E-state index is 0.686. The molecular weight excluding hydrogens is 252 g/mol. The van der Waals surface area contributed by atoms with Crippen molar-refractivity contribution in [3.63, 3.8) is 0 Å². The number of rotatable bonds is 3. The van der Waals surface area contributed by atoms with Crippen LogP contribution in [0.5, 0.6) is 0 Å². The third-order valence-electron chi connectivity index (χ3n) is 3.46. The number of aldehydes is 1. The van der Waals surface area contributed by atoms with Gasteiger partial charge >= 0.3 is 0 Å². The zero-order valence-electron chi connectivity index (χ0n) is 11.2. The van der Waals surface area contributed by atoms with Gasteiger partial charge in [0.05, 0.1) is 13.2 Å². The minimum Gasteiger partial charge on any atom is -0.378 e. The van der Waals surface area contributed by atoms with Gasteiger partial charge < -0.3 is 9.64 Å². The molecule has 0 N–H and O–H groups in total. The Morgan fingerprint density at radius 2 is 1.85 bits per heavy atom. The van der Waals surface area contributed by atoms with Gasteiger partial charge in [0.25, 0.3) is 0 Å². The molecule has 2 heterocycles. The van der Waals surface area contributed by atoms with Crippen molar-refractivity contribution in [3.8, 4) is 11.1 Å². The lowest BCUT2D eigenvalue weighted by atomic mass is 10.0. The Bertz CT molecular complexity index is 590. The average Bonchev–Trinajstić information content (AvgIpc) is 2.56. The van der Waals surface area contributed by atoms with Gasteiger partial charge in [0.15, 0.2) is 0 Å². The summed E-state index contributed by atoms with van der Waals surface area (Å²) in [6, 6.07) is 11.6. The molecule has 0 atom stereocenters. The van der Waals surface area contributed by atoms with Crippen LogP contribution < -0.4 is 4.90 Å².